The van der Waals surface area contributed by atoms with Gasteiger partial charge in [-0.25, -0.2) is 4.79 Å². The third-order valence-corrected chi connectivity index (χ3v) is 2.91. The first kappa shape index (κ1) is 15.2. The summed E-state index contributed by atoms with van der Waals surface area (Å²) in [6.45, 7) is 2.16. The van der Waals surface area contributed by atoms with Crippen LogP contribution >= 0.6 is 0 Å². The van der Waals surface area contributed by atoms with Crippen LogP contribution in [0.2, 0.25) is 0 Å². The van der Waals surface area contributed by atoms with Gasteiger partial charge in [-0.1, -0.05) is 24.3 Å². The van der Waals surface area contributed by atoms with Crippen molar-refractivity contribution in [2.45, 2.75) is 32.3 Å². The van der Waals surface area contributed by atoms with Crippen LogP contribution in [-0.2, 0) is 16.0 Å². The highest BCUT2D eigenvalue weighted by Gasteiger charge is 2.12. The molecule has 0 radical (unpaired) electrons. The number of hydrogen-bond donors (Lipinski definition) is 3. The van der Waals surface area contributed by atoms with Gasteiger partial charge >= 0.3 is 5.97 Å². The summed E-state index contributed by atoms with van der Waals surface area (Å²) in [7, 11) is 0. The van der Waals surface area contributed by atoms with Crippen LogP contribution in [0.1, 0.15) is 24.0 Å². The number of hydrogen-bond acceptors (Lipinski definition) is 3. The highest BCUT2D eigenvalue weighted by molar-refractivity contribution is 5.76. The number of carbonyl (C=O) groups is 2. The molecule has 0 fully saturated rings. The number of rotatable bonds is 7. The first-order valence-corrected chi connectivity index (χ1v) is 6.22. The molecule has 1 unspecified atom stereocenters. The van der Waals surface area contributed by atoms with Crippen molar-refractivity contribution in [2.24, 2.45) is 0 Å². The lowest BCUT2D eigenvalue weighted by Crippen LogP contribution is -2.30. The van der Waals surface area contributed by atoms with Crippen molar-refractivity contribution in [3.8, 4) is 0 Å². The van der Waals surface area contributed by atoms with E-state index in [0.29, 0.717) is 12.8 Å². The van der Waals surface area contributed by atoms with Crippen molar-refractivity contribution >= 4 is 11.9 Å². The zero-order valence-electron chi connectivity index (χ0n) is 10.9. The summed E-state index contributed by atoms with van der Waals surface area (Å²) in [5, 5.41) is 20.1. The van der Waals surface area contributed by atoms with E-state index in [2.05, 4.69) is 5.32 Å². The smallest absolute Gasteiger partial charge is 0.332 e. The van der Waals surface area contributed by atoms with Gasteiger partial charge in [0.2, 0.25) is 5.91 Å². The number of carboxylic acids is 1. The third-order valence-electron chi connectivity index (χ3n) is 2.91. The van der Waals surface area contributed by atoms with Gasteiger partial charge in [0.25, 0.3) is 0 Å². The summed E-state index contributed by atoms with van der Waals surface area (Å²) in [6.07, 6.45) is -0.393. The molecule has 1 aromatic carbocycles. The molecule has 0 saturated carbocycles. The predicted molar refractivity (Wildman–Crippen MR) is 70.8 cm³/mol. The van der Waals surface area contributed by atoms with Crippen LogP contribution in [0, 0.1) is 6.92 Å². The van der Waals surface area contributed by atoms with Crippen LogP contribution in [-0.4, -0.2) is 34.7 Å². The molecule has 1 amide bonds. The molecule has 5 nitrogen and oxygen atoms in total. The van der Waals surface area contributed by atoms with Gasteiger partial charge in [-0.05, 0) is 24.5 Å². The molecule has 104 valence electrons. The van der Waals surface area contributed by atoms with E-state index in [1.165, 1.54) is 0 Å². The Bertz CT molecular complexity index is 445. The number of nitrogens with one attached hydrogen (secondary N) is 1. The molecule has 0 spiro atoms. The van der Waals surface area contributed by atoms with Crippen molar-refractivity contribution < 1.29 is 19.8 Å². The summed E-state index contributed by atoms with van der Waals surface area (Å²) in [5.74, 6) is -1.41. The van der Waals surface area contributed by atoms with E-state index < -0.39 is 12.1 Å². The predicted octanol–water partition coefficient (Wildman–Crippen LogP) is 0.879. The van der Waals surface area contributed by atoms with Gasteiger partial charge in [0.1, 0.15) is 0 Å². The van der Waals surface area contributed by atoms with Gasteiger partial charge in [-0.2, -0.15) is 0 Å². The molecular formula is C14H19NO4. The molecule has 0 saturated heterocycles. The molecule has 3 N–H and O–H groups in total. The Morgan fingerprint density at radius 2 is 2.00 bits per heavy atom. The molecule has 5 heteroatoms. The molecule has 19 heavy (non-hydrogen) atoms. The fourth-order valence-corrected chi connectivity index (χ4v) is 1.70. The minimum Gasteiger partial charge on any atom is -0.479 e. The molecule has 0 aliphatic heterocycles. The van der Waals surface area contributed by atoms with Gasteiger partial charge in [0.05, 0.1) is 0 Å². The monoisotopic (exact) mass is 265 g/mol. The fraction of sp³-hybridized carbons (Fsp3) is 0.429. The second-order valence-corrected chi connectivity index (χ2v) is 4.42. The number of amides is 1. The van der Waals surface area contributed by atoms with E-state index >= 15 is 0 Å². The minimum atomic E-state index is -1.42. The Hall–Kier alpha value is -1.88. The van der Waals surface area contributed by atoms with E-state index in [4.69, 9.17) is 10.2 Å². The lowest BCUT2D eigenvalue weighted by atomic mass is 10.0. The minimum absolute atomic E-state index is 0.0193. The zero-order valence-corrected chi connectivity index (χ0v) is 10.9. The number of aliphatic carboxylic acids is 1. The van der Waals surface area contributed by atoms with Gasteiger partial charge in [-0.15, -0.1) is 0 Å². The van der Waals surface area contributed by atoms with Crippen LogP contribution < -0.4 is 5.32 Å². The molecule has 1 atom stereocenters. The van der Waals surface area contributed by atoms with Gasteiger partial charge in [0, 0.05) is 19.4 Å². The van der Waals surface area contributed by atoms with Crippen LogP contribution in [0.15, 0.2) is 24.3 Å². The van der Waals surface area contributed by atoms with Crippen molar-refractivity contribution in [3.63, 3.8) is 0 Å². The maximum absolute atomic E-state index is 11.5. The summed E-state index contributed by atoms with van der Waals surface area (Å²) < 4.78 is 0. The Morgan fingerprint density at radius 1 is 1.32 bits per heavy atom. The number of aryl methyl sites for hydroxylation is 2. The maximum Gasteiger partial charge on any atom is 0.332 e. The first-order valence-electron chi connectivity index (χ1n) is 6.22. The molecule has 0 aliphatic carbocycles. The SMILES string of the molecule is Cc1ccccc1CCC(=O)NCCC(O)C(=O)O. The standard InChI is InChI=1S/C14H19NO4/c1-10-4-2-3-5-11(10)6-7-13(17)15-9-8-12(16)14(18)19/h2-5,12,16H,6-9H2,1H3,(H,15,17)(H,18,19). The Morgan fingerprint density at radius 3 is 2.63 bits per heavy atom. The van der Waals surface area contributed by atoms with Crippen LogP contribution in [0.3, 0.4) is 0 Å². The van der Waals surface area contributed by atoms with Gasteiger partial charge in [0.15, 0.2) is 6.10 Å². The number of aliphatic hydroxyl groups is 1. The Kier molecular flexibility index (Phi) is 6.02. The van der Waals surface area contributed by atoms with Crippen molar-refractivity contribution in [3.05, 3.63) is 35.4 Å². The van der Waals surface area contributed by atoms with E-state index in [0.717, 1.165) is 11.1 Å². The van der Waals surface area contributed by atoms with E-state index in [1.807, 2.05) is 31.2 Å². The summed E-state index contributed by atoms with van der Waals surface area (Å²) >= 11 is 0. The van der Waals surface area contributed by atoms with E-state index in [-0.39, 0.29) is 18.9 Å². The number of benzene rings is 1. The molecule has 0 aromatic heterocycles. The fourth-order valence-electron chi connectivity index (χ4n) is 1.70. The Labute approximate surface area is 112 Å². The highest BCUT2D eigenvalue weighted by Crippen LogP contribution is 2.09. The number of aliphatic hydroxyl groups excluding tert-OH is 1. The van der Waals surface area contributed by atoms with Crippen LogP contribution in [0.5, 0.6) is 0 Å². The molecule has 1 aromatic rings. The average molecular weight is 265 g/mol. The number of carboxylic acid groups (broad SMARTS) is 1. The van der Waals surface area contributed by atoms with Gasteiger partial charge in [-0.3, -0.25) is 4.79 Å². The first-order chi connectivity index (χ1) is 9.00. The third kappa shape index (κ3) is 5.52. The highest BCUT2D eigenvalue weighted by atomic mass is 16.4. The summed E-state index contributed by atoms with van der Waals surface area (Å²) in [4.78, 5) is 21.9. The number of carbonyl (C=O) groups excluding carboxylic acids is 1. The van der Waals surface area contributed by atoms with Gasteiger partial charge < -0.3 is 15.5 Å². The second-order valence-electron chi connectivity index (χ2n) is 4.42. The van der Waals surface area contributed by atoms with Crippen molar-refractivity contribution in [1.82, 2.24) is 5.32 Å². The molecule has 0 bridgehead atoms. The quantitative estimate of drug-likeness (QED) is 0.683. The van der Waals surface area contributed by atoms with Crippen molar-refractivity contribution in [2.75, 3.05) is 6.54 Å². The van der Waals surface area contributed by atoms with E-state index in [9.17, 15) is 9.59 Å². The van der Waals surface area contributed by atoms with Crippen molar-refractivity contribution in [1.29, 1.82) is 0 Å². The molecule has 0 aliphatic rings. The summed E-state index contributed by atoms with van der Waals surface area (Å²) in [6, 6.07) is 7.86. The summed E-state index contributed by atoms with van der Waals surface area (Å²) in [5.41, 5.74) is 2.28. The largest absolute Gasteiger partial charge is 0.479 e. The van der Waals surface area contributed by atoms with Crippen LogP contribution in [0.4, 0.5) is 0 Å². The second kappa shape index (κ2) is 7.53. The van der Waals surface area contributed by atoms with Crippen LogP contribution in [0.25, 0.3) is 0 Å². The molecule has 0 heterocycles. The molecular weight excluding hydrogens is 246 g/mol. The average Bonchev–Trinajstić information content (AvgIpc) is 2.37. The maximum atomic E-state index is 11.5. The lowest BCUT2D eigenvalue weighted by molar-refractivity contribution is -0.147. The zero-order chi connectivity index (χ0) is 14.3. The van der Waals surface area contributed by atoms with E-state index in [1.54, 1.807) is 0 Å². The normalized spacial score (nSPS) is 11.9. The lowest BCUT2D eigenvalue weighted by Gasteiger charge is -2.08. The topological polar surface area (TPSA) is 86.6 Å². The Balaban J connectivity index is 2.25. The molecule has 1 rings (SSSR count).